The van der Waals surface area contributed by atoms with Gasteiger partial charge in [-0.05, 0) is 48.4 Å². The van der Waals surface area contributed by atoms with Crippen LogP contribution in [-0.4, -0.2) is 13.2 Å². The van der Waals surface area contributed by atoms with Crippen LogP contribution in [0.25, 0.3) is 0 Å². The van der Waals surface area contributed by atoms with Crippen molar-refractivity contribution in [3.05, 3.63) is 23.3 Å². The SMILES string of the molecule is CC1CCc2cc3c(cc2C(Br)C1)OCCO3. The minimum absolute atomic E-state index is 0.450. The van der Waals surface area contributed by atoms with E-state index in [1.165, 1.54) is 24.0 Å². The Morgan fingerprint density at radius 1 is 1.18 bits per heavy atom. The lowest BCUT2D eigenvalue weighted by Crippen LogP contribution is -2.16. The van der Waals surface area contributed by atoms with Crippen molar-refractivity contribution < 1.29 is 9.47 Å². The standard InChI is InChI=1S/C14H17BrO2/c1-9-2-3-10-7-13-14(17-5-4-16-13)8-11(10)12(15)6-9/h7-9,12H,2-6H2,1H3. The second-order valence-electron chi connectivity index (χ2n) is 5.04. The molecule has 2 atom stereocenters. The summed E-state index contributed by atoms with van der Waals surface area (Å²) in [4.78, 5) is 0.450. The number of rotatable bonds is 0. The van der Waals surface area contributed by atoms with Gasteiger partial charge in [0.1, 0.15) is 13.2 Å². The molecule has 0 N–H and O–H groups in total. The Bertz CT molecular complexity index is 430. The van der Waals surface area contributed by atoms with Gasteiger partial charge >= 0.3 is 0 Å². The number of aryl methyl sites for hydroxylation is 1. The number of hydrogen-bond acceptors (Lipinski definition) is 2. The molecule has 1 aliphatic heterocycles. The van der Waals surface area contributed by atoms with Gasteiger partial charge in [-0.1, -0.05) is 22.9 Å². The Morgan fingerprint density at radius 2 is 1.88 bits per heavy atom. The summed E-state index contributed by atoms with van der Waals surface area (Å²) in [6.07, 6.45) is 3.61. The fourth-order valence-electron chi connectivity index (χ4n) is 2.65. The van der Waals surface area contributed by atoms with Crippen LogP contribution < -0.4 is 9.47 Å². The Labute approximate surface area is 110 Å². The molecular weight excluding hydrogens is 280 g/mol. The predicted molar refractivity (Wildman–Crippen MR) is 71.2 cm³/mol. The molecule has 1 aliphatic carbocycles. The van der Waals surface area contributed by atoms with Crippen molar-refractivity contribution in [2.45, 2.75) is 31.0 Å². The molecule has 1 aromatic carbocycles. The lowest BCUT2D eigenvalue weighted by Gasteiger charge is -2.21. The number of alkyl halides is 1. The Hall–Kier alpha value is -0.700. The molecule has 17 heavy (non-hydrogen) atoms. The monoisotopic (exact) mass is 296 g/mol. The smallest absolute Gasteiger partial charge is 0.161 e. The van der Waals surface area contributed by atoms with Gasteiger partial charge in [0, 0.05) is 4.83 Å². The summed E-state index contributed by atoms with van der Waals surface area (Å²) in [5, 5.41) is 0. The third kappa shape index (κ3) is 2.17. The highest BCUT2D eigenvalue weighted by atomic mass is 79.9. The van der Waals surface area contributed by atoms with E-state index in [1.54, 1.807) is 0 Å². The summed E-state index contributed by atoms with van der Waals surface area (Å²) >= 11 is 3.81. The third-order valence-electron chi connectivity index (χ3n) is 3.66. The molecule has 0 spiro atoms. The molecule has 92 valence electrons. The van der Waals surface area contributed by atoms with Crippen molar-refractivity contribution >= 4 is 15.9 Å². The number of hydrogen-bond donors (Lipinski definition) is 0. The van der Waals surface area contributed by atoms with Crippen molar-refractivity contribution in [1.82, 2.24) is 0 Å². The topological polar surface area (TPSA) is 18.5 Å². The molecule has 1 aromatic rings. The molecule has 0 saturated heterocycles. The van der Waals surface area contributed by atoms with Crippen LogP contribution in [0.2, 0.25) is 0 Å². The molecule has 1 heterocycles. The molecule has 0 radical (unpaired) electrons. The Kier molecular flexibility index (Phi) is 3.03. The van der Waals surface area contributed by atoms with Crippen molar-refractivity contribution in [3.8, 4) is 11.5 Å². The van der Waals surface area contributed by atoms with Crippen molar-refractivity contribution in [2.24, 2.45) is 5.92 Å². The summed E-state index contributed by atoms with van der Waals surface area (Å²) in [7, 11) is 0. The highest BCUT2D eigenvalue weighted by molar-refractivity contribution is 9.09. The van der Waals surface area contributed by atoms with Gasteiger partial charge in [-0.2, -0.15) is 0 Å². The molecule has 3 heteroatoms. The van der Waals surface area contributed by atoms with Crippen LogP contribution in [0.1, 0.15) is 35.7 Å². The zero-order valence-electron chi connectivity index (χ0n) is 10.0. The Balaban J connectivity index is 2.03. The first kappa shape index (κ1) is 11.4. The van der Waals surface area contributed by atoms with Gasteiger partial charge in [-0.15, -0.1) is 0 Å². The lowest BCUT2D eigenvalue weighted by atomic mass is 10.0. The van der Waals surface area contributed by atoms with Crippen molar-refractivity contribution in [1.29, 1.82) is 0 Å². The van der Waals surface area contributed by atoms with Crippen LogP contribution in [-0.2, 0) is 6.42 Å². The van der Waals surface area contributed by atoms with Crippen LogP contribution in [0, 0.1) is 5.92 Å². The highest BCUT2D eigenvalue weighted by Gasteiger charge is 2.24. The number of ether oxygens (including phenoxy) is 2. The third-order valence-corrected chi connectivity index (χ3v) is 4.52. The summed E-state index contributed by atoms with van der Waals surface area (Å²) in [6, 6.07) is 4.34. The quantitative estimate of drug-likeness (QED) is 0.534. The van der Waals surface area contributed by atoms with Gasteiger partial charge in [0.2, 0.25) is 0 Å². The Morgan fingerprint density at radius 3 is 2.65 bits per heavy atom. The van der Waals surface area contributed by atoms with E-state index in [9.17, 15) is 0 Å². The van der Waals surface area contributed by atoms with E-state index >= 15 is 0 Å². The zero-order chi connectivity index (χ0) is 11.8. The first-order valence-electron chi connectivity index (χ1n) is 6.30. The van der Waals surface area contributed by atoms with Crippen LogP contribution in [0.3, 0.4) is 0 Å². The molecule has 0 saturated carbocycles. The maximum absolute atomic E-state index is 5.66. The highest BCUT2D eigenvalue weighted by Crippen LogP contribution is 2.43. The average Bonchev–Trinajstić information content (AvgIpc) is 2.47. The van der Waals surface area contributed by atoms with Gasteiger partial charge in [-0.25, -0.2) is 0 Å². The molecule has 2 nitrogen and oxygen atoms in total. The van der Waals surface area contributed by atoms with Gasteiger partial charge in [-0.3, -0.25) is 0 Å². The number of halogens is 1. The summed E-state index contributed by atoms with van der Waals surface area (Å²) in [5.74, 6) is 2.60. The molecule has 0 bridgehead atoms. The van der Waals surface area contributed by atoms with Gasteiger partial charge in [0.25, 0.3) is 0 Å². The van der Waals surface area contributed by atoms with E-state index in [0.717, 1.165) is 23.8 Å². The van der Waals surface area contributed by atoms with E-state index in [2.05, 4.69) is 35.0 Å². The summed E-state index contributed by atoms with van der Waals surface area (Å²) in [6.45, 7) is 3.65. The molecule has 3 rings (SSSR count). The van der Waals surface area contributed by atoms with Gasteiger partial charge in [0.05, 0.1) is 0 Å². The van der Waals surface area contributed by atoms with Crippen LogP contribution >= 0.6 is 15.9 Å². The second-order valence-corrected chi connectivity index (χ2v) is 6.15. The molecule has 0 aromatic heterocycles. The fourth-order valence-corrected chi connectivity index (χ4v) is 3.72. The normalized spacial score (nSPS) is 27.2. The largest absolute Gasteiger partial charge is 0.486 e. The van der Waals surface area contributed by atoms with Crippen molar-refractivity contribution in [3.63, 3.8) is 0 Å². The average molecular weight is 297 g/mol. The van der Waals surface area contributed by atoms with Crippen LogP contribution in [0.5, 0.6) is 11.5 Å². The fraction of sp³-hybridized carbons (Fsp3) is 0.571. The number of fused-ring (bicyclic) bond motifs is 2. The molecule has 0 amide bonds. The van der Waals surface area contributed by atoms with Crippen LogP contribution in [0.4, 0.5) is 0 Å². The molecule has 2 unspecified atom stereocenters. The van der Waals surface area contributed by atoms with Crippen molar-refractivity contribution in [2.75, 3.05) is 13.2 Å². The van der Waals surface area contributed by atoms with E-state index in [-0.39, 0.29) is 0 Å². The van der Waals surface area contributed by atoms with E-state index < -0.39 is 0 Å². The first-order valence-corrected chi connectivity index (χ1v) is 7.22. The van der Waals surface area contributed by atoms with Gasteiger partial charge in [0.15, 0.2) is 11.5 Å². The van der Waals surface area contributed by atoms with E-state index in [0.29, 0.717) is 18.0 Å². The van der Waals surface area contributed by atoms with Gasteiger partial charge < -0.3 is 9.47 Å². The zero-order valence-corrected chi connectivity index (χ0v) is 11.6. The summed E-state index contributed by atoms with van der Waals surface area (Å²) in [5.41, 5.74) is 2.80. The maximum Gasteiger partial charge on any atom is 0.161 e. The predicted octanol–water partition coefficient (Wildman–Crippen LogP) is 3.87. The van der Waals surface area contributed by atoms with E-state index in [1.807, 2.05) is 0 Å². The molecule has 0 fully saturated rings. The lowest BCUT2D eigenvalue weighted by molar-refractivity contribution is 0.171. The second kappa shape index (κ2) is 4.52. The maximum atomic E-state index is 5.66. The number of benzene rings is 1. The van der Waals surface area contributed by atoms with E-state index in [4.69, 9.17) is 9.47 Å². The molecular formula is C14H17BrO2. The summed E-state index contributed by atoms with van der Waals surface area (Å²) < 4.78 is 11.3. The minimum atomic E-state index is 0.450. The minimum Gasteiger partial charge on any atom is -0.486 e. The molecule has 2 aliphatic rings. The van der Waals surface area contributed by atoms with Crippen LogP contribution in [0.15, 0.2) is 12.1 Å². The first-order chi connectivity index (χ1) is 8.24.